The fourth-order valence-corrected chi connectivity index (χ4v) is 2.35. The summed E-state index contributed by atoms with van der Waals surface area (Å²) in [5.74, 6) is -0.0839. The number of carbonyl (C=O) groups is 1. The van der Waals surface area contributed by atoms with Crippen molar-refractivity contribution in [3.63, 3.8) is 0 Å². The van der Waals surface area contributed by atoms with Crippen molar-refractivity contribution >= 4 is 17.2 Å². The van der Waals surface area contributed by atoms with E-state index in [1.807, 2.05) is 0 Å². The van der Waals surface area contributed by atoms with Gasteiger partial charge in [-0.25, -0.2) is 4.98 Å². The van der Waals surface area contributed by atoms with Gasteiger partial charge in [-0.15, -0.1) is 11.3 Å². The van der Waals surface area contributed by atoms with Crippen molar-refractivity contribution < 1.29 is 4.79 Å². The minimum absolute atomic E-state index is 0.0839. The molecule has 4 nitrogen and oxygen atoms in total. The highest BCUT2D eigenvalue weighted by Crippen LogP contribution is 2.21. The van der Waals surface area contributed by atoms with Gasteiger partial charge >= 0.3 is 0 Å². The van der Waals surface area contributed by atoms with Gasteiger partial charge in [-0.3, -0.25) is 4.79 Å². The standard InChI is InChI=1S/C8H11N3OS/c1-9-7(12)8-11-5-2-3-10-4-6(5)13-8/h10H,2-4H2,1H3,(H,9,12). The van der Waals surface area contributed by atoms with E-state index in [4.69, 9.17) is 0 Å². The predicted molar refractivity (Wildman–Crippen MR) is 50.9 cm³/mol. The number of hydrogen-bond donors (Lipinski definition) is 2. The zero-order valence-corrected chi connectivity index (χ0v) is 8.20. The van der Waals surface area contributed by atoms with Crippen LogP contribution in [0, 0.1) is 0 Å². The van der Waals surface area contributed by atoms with Gasteiger partial charge in [0.1, 0.15) is 0 Å². The van der Waals surface area contributed by atoms with Crippen LogP contribution < -0.4 is 10.6 Å². The molecular weight excluding hydrogens is 186 g/mol. The van der Waals surface area contributed by atoms with Gasteiger partial charge < -0.3 is 10.6 Å². The van der Waals surface area contributed by atoms with E-state index in [0.717, 1.165) is 25.2 Å². The number of rotatable bonds is 1. The summed E-state index contributed by atoms with van der Waals surface area (Å²) < 4.78 is 0. The predicted octanol–water partition coefficient (Wildman–Crippen LogP) is 0.148. The van der Waals surface area contributed by atoms with Crippen molar-refractivity contribution in [3.8, 4) is 0 Å². The number of fused-ring (bicyclic) bond motifs is 1. The maximum atomic E-state index is 11.2. The molecule has 1 aromatic heterocycles. The highest BCUT2D eigenvalue weighted by molar-refractivity contribution is 7.13. The lowest BCUT2D eigenvalue weighted by molar-refractivity contribution is 0.0962. The smallest absolute Gasteiger partial charge is 0.280 e. The SMILES string of the molecule is CNC(=O)c1nc2c(s1)CNCC2. The Morgan fingerprint density at radius 1 is 1.69 bits per heavy atom. The summed E-state index contributed by atoms with van der Waals surface area (Å²) in [6.45, 7) is 1.81. The fraction of sp³-hybridized carbons (Fsp3) is 0.500. The molecule has 0 aromatic carbocycles. The molecule has 13 heavy (non-hydrogen) atoms. The molecule has 0 aliphatic carbocycles. The van der Waals surface area contributed by atoms with E-state index < -0.39 is 0 Å². The topological polar surface area (TPSA) is 54.0 Å². The summed E-state index contributed by atoms with van der Waals surface area (Å²) in [6, 6.07) is 0. The quantitative estimate of drug-likeness (QED) is 0.673. The second-order valence-electron chi connectivity index (χ2n) is 2.89. The molecule has 5 heteroatoms. The van der Waals surface area contributed by atoms with Crippen LogP contribution in [0.3, 0.4) is 0 Å². The van der Waals surface area contributed by atoms with E-state index in [1.165, 1.54) is 16.2 Å². The van der Waals surface area contributed by atoms with E-state index in [0.29, 0.717) is 5.01 Å². The van der Waals surface area contributed by atoms with Crippen LogP contribution in [0.15, 0.2) is 0 Å². The van der Waals surface area contributed by atoms with E-state index >= 15 is 0 Å². The first kappa shape index (κ1) is 8.65. The molecule has 0 atom stereocenters. The Labute approximate surface area is 80.4 Å². The van der Waals surface area contributed by atoms with E-state index in [1.54, 1.807) is 7.05 Å². The molecule has 1 aromatic rings. The number of carbonyl (C=O) groups excluding carboxylic acids is 1. The Hall–Kier alpha value is -0.940. The summed E-state index contributed by atoms with van der Waals surface area (Å²) in [6.07, 6.45) is 0.933. The van der Waals surface area contributed by atoms with Crippen LogP contribution in [0.1, 0.15) is 20.4 Å². The molecule has 0 radical (unpaired) electrons. The fourth-order valence-electron chi connectivity index (χ4n) is 1.33. The molecule has 0 saturated heterocycles. The number of thiazole rings is 1. The van der Waals surface area contributed by atoms with Crippen molar-refractivity contribution in [2.75, 3.05) is 13.6 Å². The van der Waals surface area contributed by atoms with Gasteiger partial charge in [-0.05, 0) is 0 Å². The van der Waals surface area contributed by atoms with Crippen LogP contribution in [-0.2, 0) is 13.0 Å². The summed E-state index contributed by atoms with van der Waals surface area (Å²) in [4.78, 5) is 16.7. The molecule has 2 heterocycles. The maximum Gasteiger partial charge on any atom is 0.280 e. The summed E-state index contributed by atoms with van der Waals surface area (Å²) in [7, 11) is 1.63. The monoisotopic (exact) mass is 197 g/mol. The molecule has 70 valence electrons. The molecular formula is C8H11N3OS. The Morgan fingerprint density at radius 2 is 2.54 bits per heavy atom. The molecule has 2 N–H and O–H groups in total. The second-order valence-corrected chi connectivity index (χ2v) is 3.98. The summed E-state index contributed by atoms with van der Waals surface area (Å²) >= 11 is 1.48. The number of amides is 1. The van der Waals surface area contributed by atoms with Crippen LogP contribution in [0.4, 0.5) is 0 Å². The normalized spacial score (nSPS) is 15.2. The van der Waals surface area contributed by atoms with Gasteiger partial charge in [0, 0.05) is 31.4 Å². The Morgan fingerprint density at radius 3 is 3.23 bits per heavy atom. The highest BCUT2D eigenvalue weighted by atomic mass is 32.1. The summed E-state index contributed by atoms with van der Waals surface area (Å²) in [5, 5.41) is 6.41. The maximum absolute atomic E-state index is 11.2. The molecule has 0 saturated carbocycles. The van der Waals surface area contributed by atoms with Gasteiger partial charge in [-0.2, -0.15) is 0 Å². The van der Waals surface area contributed by atoms with Crippen molar-refractivity contribution in [2.24, 2.45) is 0 Å². The zero-order valence-electron chi connectivity index (χ0n) is 7.39. The van der Waals surface area contributed by atoms with Crippen LogP contribution >= 0.6 is 11.3 Å². The first-order chi connectivity index (χ1) is 6.31. The van der Waals surface area contributed by atoms with Gasteiger partial charge in [0.15, 0.2) is 5.01 Å². The minimum Gasteiger partial charge on any atom is -0.353 e. The minimum atomic E-state index is -0.0839. The highest BCUT2D eigenvalue weighted by Gasteiger charge is 2.17. The van der Waals surface area contributed by atoms with Crippen LogP contribution in [0.25, 0.3) is 0 Å². The number of nitrogens with zero attached hydrogens (tertiary/aromatic N) is 1. The Bertz CT molecular complexity index is 311. The lowest BCUT2D eigenvalue weighted by atomic mass is 10.2. The third kappa shape index (κ3) is 1.57. The van der Waals surface area contributed by atoms with Crippen LogP contribution in [0.5, 0.6) is 0 Å². The Kier molecular flexibility index (Phi) is 2.28. The van der Waals surface area contributed by atoms with E-state index in [9.17, 15) is 4.79 Å². The number of aromatic nitrogens is 1. The van der Waals surface area contributed by atoms with Crippen LogP contribution in [-0.4, -0.2) is 24.5 Å². The van der Waals surface area contributed by atoms with Gasteiger partial charge in [0.2, 0.25) is 0 Å². The van der Waals surface area contributed by atoms with Crippen molar-refractivity contribution in [1.29, 1.82) is 0 Å². The third-order valence-corrected chi connectivity index (χ3v) is 3.12. The molecule has 1 amide bonds. The first-order valence-electron chi connectivity index (χ1n) is 4.22. The first-order valence-corrected chi connectivity index (χ1v) is 5.04. The van der Waals surface area contributed by atoms with Crippen LogP contribution in [0.2, 0.25) is 0 Å². The second kappa shape index (κ2) is 3.43. The van der Waals surface area contributed by atoms with E-state index in [-0.39, 0.29) is 5.91 Å². The largest absolute Gasteiger partial charge is 0.353 e. The average molecular weight is 197 g/mol. The summed E-state index contributed by atoms with van der Waals surface area (Å²) in [5.41, 5.74) is 1.09. The van der Waals surface area contributed by atoms with Gasteiger partial charge in [-0.1, -0.05) is 0 Å². The van der Waals surface area contributed by atoms with E-state index in [2.05, 4.69) is 15.6 Å². The molecule has 2 rings (SSSR count). The lowest BCUT2D eigenvalue weighted by Crippen LogP contribution is -2.22. The molecule has 0 spiro atoms. The lowest BCUT2D eigenvalue weighted by Gasteiger charge is -2.09. The average Bonchev–Trinajstić information content (AvgIpc) is 2.59. The van der Waals surface area contributed by atoms with Gasteiger partial charge in [0.25, 0.3) is 5.91 Å². The number of hydrogen-bond acceptors (Lipinski definition) is 4. The molecule has 1 aliphatic heterocycles. The Balaban J connectivity index is 2.30. The van der Waals surface area contributed by atoms with Crippen molar-refractivity contribution in [2.45, 2.75) is 13.0 Å². The van der Waals surface area contributed by atoms with Crippen molar-refractivity contribution in [3.05, 3.63) is 15.6 Å². The van der Waals surface area contributed by atoms with Crippen molar-refractivity contribution in [1.82, 2.24) is 15.6 Å². The van der Waals surface area contributed by atoms with Gasteiger partial charge in [0.05, 0.1) is 5.69 Å². The number of nitrogens with one attached hydrogen (secondary N) is 2. The molecule has 0 fully saturated rings. The molecule has 0 unspecified atom stereocenters. The molecule has 1 aliphatic rings. The molecule has 0 bridgehead atoms. The zero-order chi connectivity index (χ0) is 9.26. The third-order valence-electron chi connectivity index (χ3n) is 2.02.